The van der Waals surface area contributed by atoms with Gasteiger partial charge in [-0.15, -0.1) is 0 Å². The molecule has 1 saturated heterocycles. The molecule has 1 fully saturated rings. The van der Waals surface area contributed by atoms with Gasteiger partial charge in [0.05, 0.1) is 12.0 Å². The molecule has 8 heteroatoms. The van der Waals surface area contributed by atoms with E-state index in [-0.39, 0.29) is 6.54 Å². The number of methoxy groups -OCH3 is 1. The van der Waals surface area contributed by atoms with Crippen LogP contribution in [0.5, 0.6) is 5.75 Å². The number of anilines is 2. The molecule has 3 rings (SSSR count). The molecule has 0 atom stereocenters. The number of nitrogens with zero attached hydrogens (tertiary/aromatic N) is 2. The Bertz CT molecular complexity index is 953. The lowest BCUT2D eigenvalue weighted by Crippen LogP contribution is -2.36. The minimum absolute atomic E-state index is 0.296. The summed E-state index contributed by atoms with van der Waals surface area (Å²) < 4.78 is 5.07. The standard InChI is InChI=1S/C21H21N3O4S/c1-23(2)16-8-4-14(5-9-16)12-18-20(26)24(21(27)29-18)13-19(25)22-15-6-10-17(28-3)11-7-15/h4-12H,13H2,1-3H3,(H,22,25)/b18-12+. The SMILES string of the molecule is COc1ccc(NC(=O)CN2C(=O)S/C(=C/c3ccc(N(C)C)cc3)C2=O)cc1. The molecule has 29 heavy (non-hydrogen) atoms. The molecule has 2 aromatic rings. The molecule has 1 N–H and O–H groups in total. The van der Waals surface area contributed by atoms with Crippen LogP contribution in [0.25, 0.3) is 6.08 Å². The van der Waals surface area contributed by atoms with Crippen molar-refractivity contribution in [3.8, 4) is 5.75 Å². The summed E-state index contributed by atoms with van der Waals surface area (Å²) in [4.78, 5) is 40.3. The second kappa shape index (κ2) is 8.83. The number of ether oxygens (including phenoxy) is 1. The molecule has 0 aliphatic carbocycles. The first kappa shape index (κ1) is 20.5. The monoisotopic (exact) mass is 411 g/mol. The highest BCUT2D eigenvalue weighted by Crippen LogP contribution is 2.32. The molecule has 1 aliphatic rings. The average Bonchev–Trinajstić information content (AvgIpc) is 2.96. The van der Waals surface area contributed by atoms with Crippen LogP contribution < -0.4 is 15.0 Å². The molecule has 0 bridgehead atoms. The molecule has 3 amide bonds. The van der Waals surface area contributed by atoms with E-state index in [4.69, 9.17) is 4.74 Å². The van der Waals surface area contributed by atoms with Crippen molar-refractivity contribution in [2.45, 2.75) is 0 Å². The van der Waals surface area contributed by atoms with Crippen molar-refractivity contribution in [1.29, 1.82) is 0 Å². The fourth-order valence-corrected chi connectivity index (χ4v) is 3.51. The van der Waals surface area contributed by atoms with Gasteiger partial charge in [-0.05, 0) is 59.8 Å². The van der Waals surface area contributed by atoms with Crippen LogP contribution in [-0.2, 0) is 9.59 Å². The topological polar surface area (TPSA) is 79.0 Å². The number of amides is 3. The Morgan fingerprint density at radius 1 is 1.10 bits per heavy atom. The predicted octanol–water partition coefficient (Wildman–Crippen LogP) is 3.44. The molecule has 0 aromatic heterocycles. The highest BCUT2D eigenvalue weighted by Gasteiger charge is 2.36. The van der Waals surface area contributed by atoms with E-state index in [0.717, 1.165) is 27.9 Å². The molecule has 7 nitrogen and oxygen atoms in total. The quantitative estimate of drug-likeness (QED) is 0.734. The van der Waals surface area contributed by atoms with E-state index in [1.165, 1.54) is 0 Å². The Hall–Kier alpha value is -3.26. The summed E-state index contributed by atoms with van der Waals surface area (Å²) in [5.41, 5.74) is 2.40. The van der Waals surface area contributed by atoms with Gasteiger partial charge in [-0.25, -0.2) is 0 Å². The third kappa shape index (κ3) is 4.97. The maximum atomic E-state index is 12.6. The summed E-state index contributed by atoms with van der Waals surface area (Å²) in [7, 11) is 5.44. The van der Waals surface area contributed by atoms with Crippen LogP contribution >= 0.6 is 11.8 Å². The van der Waals surface area contributed by atoms with Crippen molar-refractivity contribution in [2.75, 3.05) is 38.0 Å². The molecule has 1 aliphatic heterocycles. The lowest BCUT2D eigenvalue weighted by atomic mass is 10.2. The van der Waals surface area contributed by atoms with E-state index in [1.807, 2.05) is 43.3 Å². The third-order valence-corrected chi connectivity index (χ3v) is 5.16. The second-order valence-corrected chi connectivity index (χ2v) is 7.52. The largest absolute Gasteiger partial charge is 0.497 e. The van der Waals surface area contributed by atoms with Crippen LogP contribution in [0.4, 0.5) is 16.2 Å². The Morgan fingerprint density at radius 3 is 2.34 bits per heavy atom. The first-order chi connectivity index (χ1) is 13.9. The van der Waals surface area contributed by atoms with Crippen LogP contribution in [0.15, 0.2) is 53.4 Å². The smallest absolute Gasteiger partial charge is 0.294 e. The number of carbonyl (C=O) groups excluding carboxylic acids is 3. The van der Waals surface area contributed by atoms with Crippen molar-refractivity contribution >= 4 is 46.3 Å². The van der Waals surface area contributed by atoms with Gasteiger partial charge in [-0.1, -0.05) is 12.1 Å². The number of benzene rings is 2. The predicted molar refractivity (Wildman–Crippen MR) is 115 cm³/mol. The summed E-state index contributed by atoms with van der Waals surface area (Å²) in [5.74, 6) is -0.256. The fraction of sp³-hybridized carbons (Fsp3) is 0.190. The summed E-state index contributed by atoms with van der Waals surface area (Å²) in [6.45, 7) is -0.340. The van der Waals surface area contributed by atoms with Crippen LogP contribution in [0.1, 0.15) is 5.56 Å². The van der Waals surface area contributed by atoms with Gasteiger partial charge in [-0.3, -0.25) is 19.3 Å². The van der Waals surface area contributed by atoms with Crippen molar-refractivity contribution in [3.63, 3.8) is 0 Å². The number of nitrogens with one attached hydrogen (secondary N) is 1. The van der Waals surface area contributed by atoms with Crippen molar-refractivity contribution in [3.05, 3.63) is 59.0 Å². The van der Waals surface area contributed by atoms with Gasteiger partial charge in [0.1, 0.15) is 12.3 Å². The van der Waals surface area contributed by atoms with Crippen molar-refractivity contribution in [1.82, 2.24) is 4.90 Å². The van der Waals surface area contributed by atoms with Crippen molar-refractivity contribution in [2.24, 2.45) is 0 Å². The Labute approximate surface area is 173 Å². The van der Waals surface area contributed by atoms with Crippen LogP contribution in [0.2, 0.25) is 0 Å². The Morgan fingerprint density at radius 2 is 1.76 bits per heavy atom. The number of rotatable bonds is 6. The van der Waals surface area contributed by atoms with Gasteiger partial charge in [0.25, 0.3) is 11.1 Å². The van der Waals surface area contributed by atoms with E-state index >= 15 is 0 Å². The molecular formula is C21H21N3O4S. The van der Waals surface area contributed by atoms with E-state index < -0.39 is 17.1 Å². The summed E-state index contributed by atoms with van der Waals surface area (Å²) in [5, 5.41) is 2.21. The minimum Gasteiger partial charge on any atom is -0.497 e. The van der Waals surface area contributed by atoms with E-state index in [0.29, 0.717) is 16.3 Å². The molecule has 0 saturated carbocycles. The van der Waals surface area contributed by atoms with Crippen LogP contribution in [0, 0.1) is 0 Å². The zero-order chi connectivity index (χ0) is 21.0. The van der Waals surface area contributed by atoms with Crippen LogP contribution in [-0.4, -0.2) is 49.7 Å². The molecule has 0 spiro atoms. The molecule has 1 heterocycles. The lowest BCUT2D eigenvalue weighted by molar-refractivity contribution is -0.127. The fourth-order valence-electron chi connectivity index (χ4n) is 2.67. The second-order valence-electron chi connectivity index (χ2n) is 6.53. The van der Waals surface area contributed by atoms with E-state index in [9.17, 15) is 14.4 Å². The maximum Gasteiger partial charge on any atom is 0.294 e. The van der Waals surface area contributed by atoms with Gasteiger partial charge >= 0.3 is 0 Å². The average molecular weight is 411 g/mol. The number of hydrogen-bond acceptors (Lipinski definition) is 6. The zero-order valence-electron chi connectivity index (χ0n) is 16.3. The Balaban J connectivity index is 1.65. The van der Waals surface area contributed by atoms with Crippen molar-refractivity contribution < 1.29 is 19.1 Å². The highest BCUT2D eigenvalue weighted by molar-refractivity contribution is 8.18. The maximum absolute atomic E-state index is 12.6. The number of carbonyl (C=O) groups is 3. The highest BCUT2D eigenvalue weighted by atomic mass is 32.2. The first-order valence-corrected chi connectivity index (χ1v) is 9.65. The lowest BCUT2D eigenvalue weighted by Gasteiger charge is -2.13. The number of hydrogen-bond donors (Lipinski definition) is 1. The summed E-state index contributed by atoms with van der Waals surface area (Å²) in [6.07, 6.45) is 1.66. The van der Waals surface area contributed by atoms with E-state index in [1.54, 1.807) is 37.5 Å². The van der Waals surface area contributed by atoms with E-state index in [2.05, 4.69) is 5.32 Å². The molecule has 0 radical (unpaired) electrons. The molecule has 150 valence electrons. The summed E-state index contributed by atoms with van der Waals surface area (Å²) in [6, 6.07) is 14.4. The van der Waals surface area contributed by atoms with Gasteiger partial charge in [0.2, 0.25) is 5.91 Å². The Kier molecular flexibility index (Phi) is 6.23. The van der Waals surface area contributed by atoms with Gasteiger partial charge in [-0.2, -0.15) is 0 Å². The molecule has 2 aromatic carbocycles. The van der Waals surface area contributed by atoms with Gasteiger partial charge in [0, 0.05) is 25.5 Å². The first-order valence-electron chi connectivity index (χ1n) is 8.84. The minimum atomic E-state index is -0.471. The molecular weight excluding hydrogens is 390 g/mol. The van der Waals surface area contributed by atoms with Gasteiger partial charge < -0.3 is 15.0 Å². The van der Waals surface area contributed by atoms with Gasteiger partial charge in [0.15, 0.2) is 0 Å². The van der Waals surface area contributed by atoms with Crippen LogP contribution in [0.3, 0.4) is 0 Å². The normalized spacial score (nSPS) is 15.0. The third-order valence-electron chi connectivity index (χ3n) is 4.26. The summed E-state index contributed by atoms with van der Waals surface area (Å²) >= 11 is 0.832. The molecule has 0 unspecified atom stereocenters. The number of imide groups is 1. The number of thioether (sulfide) groups is 1. The zero-order valence-corrected chi connectivity index (χ0v) is 17.2.